The van der Waals surface area contributed by atoms with Crippen LogP contribution in [0.3, 0.4) is 0 Å². The number of nitrogens with zero attached hydrogens (tertiary/aromatic N) is 4. The maximum Gasteiger partial charge on any atom is 0.261 e. The van der Waals surface area contributed by atoms with Gasteiger partial charge in [0.25, 0.3) is 5.56 Å². The SMILES string of the molecule is O=C(CCn1cnc2ccccc2c1=O)N(Cc1cccnc1)Cc1ccco1. The molecule has 1 amide bonds. The van der Waals surface area contributed by atoms with Gasteiger partial charge in [0.15, 0.2) is 0 Å². The standard InChI is InChI=1S/C22H20N4O3/c27-21(9-11-25-16-24-20-8-2-1-7-19(20)22(25)28)26(15-18-6-4-12-29-18)14-17-5-3-10-23-13-17/h1-8,10,12-13,16H,9,11,14-15H2. The molecule has 0 fully saturated rings. The molecule has 4 rings (SSSR count). The molecule has 3 heterocycles. The second-order valence-corrected chi connectivity index (χ2v) is 6.70. The third-order valence-corrected chi connectivity index (χ3v) is 4.67. The molecule has 29 heavy (non-hydrogen) atoms. The van der Waals surface area contributed by atoms with Gasteiger partial charge in [-0.25, -0.2) is 4.98 Å². The summed E-state index contributed by atoms with van der Waals surface area (Å²) in [4.78, 5) is 35.7. The molecule has 3 aromatic heterocycles. The highest BCUT2D eigenvalue weighted by Crippen LogP contribution is 2.12. The van der Waals surface area contributed by atoms with Crippen LogP contribution in [0.1, 0.15) is 17.7 Å². The van der Waals surface area contributed by atoms with Gasteiger partial charge in [-0.15, -0.1) is 0 Å². The smallest absolute Gasteiger partial charge is 0.261 e. The zero-order valence-corrected chi connectivity index (χ0v) is 15.8. The first-order valence-electron chi connectivity index (χ1n) is 9.34. The van der Waals surface area contributed by atoms with Crippen molar-refractivity contribution in [2.24, 2.45) is 0 Å². The van der Waals surface area contributed by atoms with E-state index in [1.807, 2.05) is 24.3 Å². The Hall–Kier alpha value is -3.74. The van der Waals surface area contributed by atoms with Crippen molar-refractivity contribution in [1.29, 1.82) is 0 Å². The summed E-state index contributed by atoms with van der Waals surface area (Å²) in [7, 11) is 0. The molecule has 0 saturated carbocycles. The van der Waals surface area contributed by atoms with Gasteiger partial charge in [-0.1, -0.05) is 18.2 Å². The molecule has 0 saturated heterocycles. The Morgan fingerprint density at radius 2 is 1.97 bits per heavy atom. The van der Waals surface area contributed by atoms with E-state index in [2.05, 4.69) is 9.97 Å². The number of furan rings is 1. The van der Waals surface area contributed by atoms with Crippen molar-refractivity contribution in [3.8, 4) is 0 Å². The van der Waals surface area contributed by atoms with Crippen LogP contribution >= 0.6 is 0 Å². The van der Waals surface area contributed by atoms with Crippen LogP contribution in [-0.4, -0.2) is 25.3 Å². The van der Waals surface area contributed by atoms with Crippen molar-refractivity contribution in [2.45, 2.75) is 26.1 Å². The lowest BCUT2D eigenvalue weighted by atomic mass is 10.2. The Bertz CT molecular complexity index is 1150. The number of amides is 1. The minimum Gasteiger partial charge on any atom is -0.467 e. The van der Waals surface area contributed by atoms with Crippen molar-refractivity contribution in [3.05, 3.63) is 95.2 Å². The molecule has 146 valence electrons. The maximum atomic E-state index is 13.0. The third kappa shape index (κ3) is 4.40. The first-order chi connectivity index (χ1) is 14.2. The molecule has 1 aromatic carbocycles. The summed E-state index contributed by atoms with van der Waals surface area (Å²) in [5, 5.41) is 0.547. The average molecular weight is 388 g/mol. The lowest BCUT2D eigenvalue weighted by molar-refractivity contribution is -0.133. The topological polar surface area (TPSA) is 81.2 Å². The van der Waals surface area contributed by atoms with Crippen molar-refractivity contribution in [2.75, 3.05) is 0 Å². The Morgan fingerprint density at radius 3 is 2.76 bits per heavy atom. The molecule has 7 nitrogen and oxygen atoms in total. The molecule has 0 N–H and O–H groups in total. The number of fused-ring (bicyclic) bond motifs is 1. The first-order valence-corrected chi connectivity index (χ1v) is 9.34. The molecule has 0 radical (unpaired) electrons. The lowest BCUT2D eigenvalue weighted by Crippen LogP contribution is -2.32. The Morgan fingerprint density at radius 1 is 1.07 bits per heavy atom. The van der Waals surface area contributed by atoms with E-state index < -0.39 is 0 Å². The minimum absolute atomic E-state index is 0.0784. The molecular formula is C22H20N4O3. The number of rotatable bonds is 7. The van der Waals surface area contributed by atoms with E-state index in [9.17, 15) is 9.59 Å². The summed E-state index contributed by atoms with van der Waals surface area (Å²) in [6, 6.07) is 14.6. The van der Waals surface area contributed by atoms with Crippen molar-refractivity contribution >= 4 is 16.8 Å². The van der Waals surface area contributed by atoms with E-state index >= 15 is 0 Å². The van der Waals surface area contributed by atoms with Gasteiger partial charge in [-0.05, 0) is 35.9 Å². The van der Waals surface area contributed by atoms with E-state index in [-0.39, 0.29) is 24.4 Å². The lowest BCUT2D eigenvalue weighted by Gasteiger charge is -2.22. The quantitative estimate of drug-likeness (QED) is 0.486. The minimum atomic E-state index is -0.145. The van der Waals surface area contributed by atoms with E-state index in [1.165, 1.54) is 10.9 Å². The second-order valence-electron chi connectivity index (χ2n) is 6.70. The summed E-state index contributed by atoms with van der Waals surface area (Å²) < 4.78 is 6.89. The van der Waals surface area contributed by atoms with Gasteiger partial charge in [0.05, 0.1) is 30.0 Å². The van der Waals surface area contributed by atoms with Gasteiger partial charge in [0.2, 0.25) is 5.91 Å². The zero-order chi connectivity index (χ0) is 20.1. The highest BCUT2D eigenvalue weighted by Gasteiger charge is 2.17. The molecule has 4 aromatic rings. The number of carbonyl (C=O) groups excluding carboxylic acids is 1. The molecule has 0 aliphatic rings. The number of aromatic nitrogens is 3. The fourth-order valence-electron chi connectivity index (χ4n) is 3.17. The predicted molar refractivity (Wildman–Crippen MR) is 108 cm³/mol. The highest BCUT2D eigenvalue weighted by molar-refractivity contribution is 5.77. The monoisotopic (exact) mass is 388 g/mol. The van der Waals surface area contributed by atoms with E-state index in [0.717, 1.165) is 5.56 Å². The van der Waals surface area contributed by atoms with Gasteiger partial charge in [-0.2, -0.15) is 0 Å². The predicted octanol–water partition coefficient (Wildman–Crippen LogP) is 3.00. The molecule has 7 heteroatoms. The summed E-state index contributed by atoms with van der Waals surface area (Å²) in [6.07, 6.45) is 6.70. The number of carbonyl (C=O) groups is 1. The molecule has 0 atom stereocenters. The number of hydrogen-bond acceptors (Lipinski definition) is 5. The fraction of sp³-hybridized carbons (Fsp3) is 0.182. The largest absolute Gasteiger partial charge is 0.467 e. The van der Waals surface area contributed by atoms with Crippen molar-refractivity contribution in [3.63, 3.8) is 0 Å². The third-order valence-electron chi connectivity index (χ3n) is 4.67. The van der Waals surface area contributed by atoms with Gasteiger partial charge in [0, 0.05) is 31.9 Å². The Balaban J connectivity index is 1.50. The van der Waals surface area contributed by atoms with E-state index in [4.69, 9.17) is 4.42 Å². The number of benzene rings is 1. The van der Waals surface area contributed by atoms with Crippen molar-refractivity contribution in [1.82, 2.24) is 19.4 Å². The van der Waals surface area contributed by atoms with Gasteiger partial charge in [-0.3, -0.25) is 19.1 Å². The van der Waals surface area contributed by atoms with Crippen LogP contribution < -0.4 is 5.56 Å². The molecular weight excluding hydrogens is 368 g/mol. The van der Waals surface area contributed by atoms with Crippen LogP contribution in [0.2, 0.25) is 0 Å². The van der Waals surface area contributed by atoms with Crippen LogP contribution in [0.4, 0.5) is 0 Å². The van der Waals surface area contributed by atoms with Crippen molar-refractivity contribution < 1.29 is 9.21 Å². The average Bonchev–Trinajstić information content (AvgIpc) is 3.27. The zero-order valence-electron chi connectivity index (χ0n) is 15.8. The van der Waals surface area contributed by atoms with E-state index in [0.29, 0.717) is 29.8 Å². The number of para-hydroxylation sites is 1. The van der Waals surface area contributed by atoms with Crippen LogP contribution in [0.15, 0.2) is 82.7 Å². The summed E-state index contributed by atoms with van der Waals surface area (Å²) in [5.74, 6) is 0.622. The van der Waals surface area contributed by atoms with Gasteiger partial charge in [0.1, 0.15) is 5.76 Å². The fourth-order valence-corrected chi connectivity index (χ4v) is 3.17. The van der Waals surface area contributed by atoms with E-state index in [1.54, 1.807) is 47.8 Å². The summed E-state index contributed by atoms with van der Waals surface area (Å²) >= 11 is 0. The van der Waals surface area contributed by atoms with Gasteiger partial charge >= 0.3 is 0 Å². The Kier molecular flexibility index (Phi) is 5.47. The van der Waals surface area contributed by atoms with Gasteiger partial charge < -0.3 is 9.32 Å². The molecule has 0 aliphatic carbocycles. The highest BCUT2D eigenvalue weighted by atomic mass is 16.3. The first kappa shape index (κ1) is 18.6. The maximum absolute atomic E-state index is 13.0. The molecule has 0 spiro atoms. The van der Waals surface area contributed by atoms with Crippen LogP contribution in [0.25, 0.3) is 10.9 Å². The van der Waals surface area contributed by atoms with Crippen LogP contribution in [-0.2, 0) is 24.4 Å². The normalized spacial score (nSPS) is 10.9. The summed E-state index contributed by atoms with van der Waals surface area (Å²) in [6.45, 7) is 1.03. The second kappa shape index (κ2) is 8.52. The van der Waals surface area contributed by atoms with Crippen LogP contribution in [0, 0.1) is 0 Å². The molecule has 0 bridgehead atoms. The van der Waals surface area contributed by atoms with Crippen LogP contribution in [0.5, 0.6) is 0 Å². The number of aryl methyl sites for hydroxylation is 1. The summed E-state index contributed by atoms with van der Waals surface area (Å²) in [5.41, 5.74) is 1.43. The Labute approximate surface area is 167 Å². The molecule has 0 unspecified atom stereocenters. The number of hydrogen-bond donors (Lipinski definition) is 0. The number of pyridine rings is 1. The molecule has 0 aliphatic heterocycles.